The van der Waals surface area contributed by atoms with Gasteiger partial charge in [-0.1, -0.05) is 166 Å². The Labute approximate surface area is 306 Å². The van der Waals surface area contributed by atoms with Gasteiger partial charge in [-0.25, -0.2) is 4.57 Å². The summed E-state index contributed by atoms with van der Waals surface area (Å²) >= 11 is 0. The zero-order valence-corrected chi connectivity index (χ0v) is 33.2. The van der Waals surface area contributed by atoms with Crippen molar-refractivity contribution in [2.75, 3.05) is 20.3 Å². The van der Waals surface area contributed by atoms with Crippen molar-refractivity contribution in [3.8, 4) is 0 Å². The lowest BCUT2D eigenvalue weighted by atomic mass is 10.0. The average molecular weight is 727 g/mol. The number of esters is 2. The van der Waals surface area contributed by atoms with Crippen molar-refractivity contribution in [1.29, 1.82) is 0 Å². The number of carbonyl (C=O) groups is 2. The van der Waals surface area contributed by atoms with E-state index in [1.807, 2.05) is 0 Å². The van der Waals surface area contributed by atoms with Gasteiger partial charge in [0.05, 0.1) is 6.61 Å². The van der Waals surface area contributed by atoms with Gasteiger partial charge in [0.15, 0.2) is 6.10 Å². The second-order valence-corrected chi connectivity index (χ2v) is 15.0. The van der Waals surface area contributed by atoms with E-state index in [2.05, 4.69) is 54.8 Å². The molecule has 0 radical (unpaired) electrons. The Kier molecular flexibility index (Phi) is 35.8. The van der Waals surface area contributed by atoms with Crippen molar-refractivity contribution in [2.24, 2.45) is 0 Å². The summed E-state index contributed by atoms with van der Waals surface area (Å²) in [6.45, 7) is 3.77. The Morgan fingerprint density at radius 1 is 0.580 bits per heavy atom. The van der Waals surface area contributed by atoms with E-state index in [0.29, 0.717) is 12.8 Å². The molecule has 1 N–H and O–H groups in total. The van der Waals surface area contributed by atoms with Crippen molar-refractivity contribution >= 4 is 19.8 Å². The number of unbranched alkanes of at least 4 members (excludes halogenated alkanes) is 20. The largest absolute Gasteiger partial charge is 0.472 e. The molecule has 0 aliphatic carbocycles. The number of rotatable bonds is 37. The topological polar surface area (TPSA) is 108 Å². The van der Waals surface area contributed by atoms with Crippen LogP contribution in [-0.2, 0) is 32.7 Å². The third-order valence-electron chi connectivity index (χ3n) is 8.65. The van der Waals surface area contributed by atoms with Gasteiger partial charge in [0.25, 0.3) is 0 Å². The van der Waals surface area contributed by atoms with E-state index in [1.165, 1.54) is 89.9 Å². The number of hydrogen-bond donors (Lipinski definition) is 1. The minimum atomic E-state index is -4.26. The van der Waals surface area contributed by atoms with Crippen LogP contribution in [0.4, 0.5) is 0 Å². The zero-order chi connectivity index (χ0) is 36.8. The number of phosphoric acid groups is 1. The lowest BCUT2D eigenvalue weighted by Crippen LogP contribution is -2.29. The molecule has 0 aliphatic rings. The molecule has 0 rings (SSSR count). The quantitative estimate of drug-likeness (QED) is 0.0292. The Morgan fingerprint density at radius 2 is 1.02 bits per heavy atom. The summed E-state index contributed by atoms with van der Waals surface area (Å²) in [6, 6.07) is 0. The van der Waals surface area contributed by atoms with Gasteiger partial charge in [-0.3, -0.25) is 18.6 Å². The molecule has 0 aromatic rings. The first-order chi connectivity index (χ1) is 24.3. The molecule has 292 valence electrons. The molecule has 0 heterocycles. The fourth-order valence-corrected chi connectivity index (χ4v) is 6.01. The Morgan fingerprint density at radius 3 is 1.52 bits per heavy atom. The molecular weight excluding hydrogens is 651 g/mol. The summed E-state index contributed by atoms with van der Waals surface area (Å²) in [4.78, 5) is 34.4. The molecule has 8 nitrogen and oxygen atoms in total. The van der Waals surface area contributed by atoms with Gasteiger partial charge in [0.2, 0.25) is 0 Å². The van der Waals surface area contributed by atoms with Crippen LogP contribution < -0.4 is 0 Å². The molecule has 0 saturated carbocycles. The van der Waals surface area contributed by atoms with Crippen molar-refractivity contribution in [2.45, 2.75) is 193 Å². The highest BCUT2D eigenvalue weighted by Crippen LogP contribution is 2.42. The fourth-order valence-electron chi connectivity index (χ4n) is 5.55. The molecule has 0 aromatic carbocycles. The molecule has 0 amide bonds. The summed E-state index contributed by atoms with van der Waals surface area (Å²) in [7, 11) is -3.20. The van der Waals surface area contributed by atoms with Crippen LogP contribution in [0.25, 0.3) is 0 Å². The third-order valence-corrected chi connectivity index (χ3v) is 9.59. The molecule has 0 spiro atoms. The highest BCUT2D eigenvalue weighted by molar-refractivity contribution is 7.47. The maximum absolute atomic E-state index is 12.5. The summed E-state index contributed by atoms with van der Waals surface area (Å²) in [5.41, 5.74) is 0. The molecule has 0 saturated heterocycles. The highest BCUT2D eigenvalue weighted by atomic mass is 31.2. The van der Waals surface area contributed by atoms with Crippen LogP contribution in [0.2, 0.25) is 0 Å². The Hall–Kier alpha value is -1.73. The highest BCUT2D eigenvalue weighted by Gasteiger charge is 2.24. The average Bonchev–Trinajstić information content (AvgIpc) is 3.10. The van der Waals surface area contributed by atoms with Crippen molar-refractivity contribution in [1.82, 2.24) is 0 Å². The Balaban J connectivity index is 4.03. The molecule has 2 unspecified atom stereocenters. The first kappa shape index (κ1) is 48.3. The Bertz CT molecular complexity index is 916. The van der Waals surface area contributed by atoms with Crippen LogP contribution in [0.1, 0.15) is 187 Å². The maximum atomic E-state index is 12.5. The van der Waals surface area contributed by atoms with Crippen LogP contribution >= 0.6 is 7.82 Å². The first-order valence-electron chi connectivity index (χ1n) is 20.2. The number of allylic oxidation sites excluding steroid dienone is 6. The fraction of sp³-hybridized carbons (Fsp3) is 0.805. The van der Waals surface area contributed by atoms with E-state index in [0.717, 1.165) is 71.3 Å². The normalized spacial score (nSPS) is 13.8. The third kappa shape index (κ3) is 36.1. The zero-order valence-electron chi connectivity index (χ0n) is 32.3. The van der Waals surface area contributed by atoms with Crippen LogP contribution in [0.3, 0.4) is 0 Å². The van der Waals surface area contributed by atoms with E-state index < -0.39 is 26.5 Å². The van der Waals surface area contributed by atoms with Gasteiger partial charge in [-0.05, 0) is 44.9 Å². The van der Waals surface area contributed by atoms with Crippen LogP contribution in [0.5, 0.6) is 0 Å². The van der Waals surface area contributed by atoms with Crippen LogP contribution in [0, 0.1) is 0 Å². The van der Waals surface area contributed by atoms with Gasteiger partial charge < -0.3 is 14.4 Å². The number of phosphoric ester groups is 1. The molecular formula is C41H75O8P. The summed E-state index contributed by atoms with van der Waals surface area (Å²) in [6.07, 6.45) is 41.9. The predicted octanol–water partition coefficient (Wildman–Crippen LogP) is 12.4. The van der Waals surface area contributed by atoms with E-state index in [4.69, 9.17) is 14.0 Å². The predicted molar refractivity (Wildman–Crippen MR) is 207 cm³/mol. The standard InChI is InChI=1S/C41H75O8P/c1-4-6-8-10-12-14-16-18-20-21-22-24-26-28-30-32-34-36-41(43)49-39(38-48-50(44,45)46-3)37-47-40(42)35-33-31-29-27-25-23-19-17-15-13-11-9-7-5-2/h6,8,12,14,18,20,39H,4-5,7,9-11,13,15-17,19,21-38H2,1-3H3,(H,44,45)/b8-6-,14-12-,20-18-. The number of carbonyl (C=O) groups excluding carboxylic acids is 2. The minimum absolute atomic E-state index is 0.227. The van der Waals surface area contributed by atoms with Gasteiger partial charge >= 0.3 is 19.8 Å². The van der Waals surface area contributed by atoms with Crippen molar-refractivity contribution < 1.29 is 37.6 Å². The lowest BCUT2D eigenvalue weighted by Gasteiger charge is -2.19. The molecule has 0 bridgehead atoms. The molecule has 0 aromatic heterocycles. The SMILES string of the molecule is CC/C=C\C/C=C\C/C=C\CCCCCCCCCC(=O)OC(COC(=O)CCCCCCCCCCCCCCCC)COP(=O)(O)OC. The first-order valence-corrected chi connectivity index (χ1v) is 21.7. The van der Waals surface area contributed by atoms with Crippen LogP contribution in [-0.4, -0.2) is 43.3 Å². The number of ether oxygens (including phenoxy) is 2. The molecule has 0 aliphatic heterocycles. The summed E-state index contributed by atoms with van der Waals surface area (Å²) < 4.78 is 31.9. The molecule has 9 heteroatoms. The number of hydrogen-bond acceptors (Lipinski definition) is 7. The molecule has 0 fully saturated rings. The minimum Gasteiger partial charge on any atom is -0.462 e. The second-order valence-electron chi connectivity index (χ2n) is 13.4. The lowest BCUT2D eigenvalue weighted by molar-refractivity contribution is -0.161. The monoisotopic (exact) mass is 727 g/mol. The maximum Gasteiger partial charge on any atom is 0.472 e. The summed E-state index contributed by atoms with van der Waals surface area (Å²) in [5, 5.41) is 0. The smallest absolute Gasteiger partial charge is 0.462 e. The van der Waals surface area contributed by atoms with Gasteiger partial charge in [0.1, 0.15) is 6.61 Å². The van der Waals surface area contributed by atoms with Crippen molar-refractivity contribution in [3.05, 3.63) is 36.5 Å². The van der Waals surface area contributed by atoms with E-state index in [-0.39, 0.29) is 19.0 Å². The van der Waals surface area contributed by atoms with E-state index >= 15 is 0 Å². The van der Waals surface area contributed by atoms with Gasteiger partial charge in [0, 0.05) is 20.0 Å². The molecule has 2 atom stereocenters. The summed E-state index contributed by atoms with van der Waals surface area (Å²) in [5.74, 6) is -0.811. The van der Waals surface area contributed by atoms with Crippen LogP contribution in [0.15, 0.2) is 36.5 Å². The van der Waals surface area contributed by atoms with E-state index in [1.54, 1.807) is 0 Å². The van der Waals surface area contributed by atoms with Gasteiger partial charge in [-0.15, -0.1) is 0 Å². The van der Waals surface area contributed by atoms with E-state index in [9.17, 15) is 19.0 Å². The van der Waals surface area contributed by atoms with Gasteiger partial charge in [-0.2, -0.15) is 0 Å². The second kappa shape index (κ2) is 37.0. The molecule has 50 heavy (non-hydrogen) atoms. The van der Waals surface area contributed by atoms with Crippen molar-refractivity contribution in [3.63, 3.8) is 0 Å².